The van der Waals surface area contributed by atoms with E-state index in [9.17, 15) is 13.6 Å². The van der Waals surface area contributed by atoms with Gasteiger partial charge in [0.05, 0.1) is 0 Å². The highest BCUT2D eigenvalue weighted by atomic mass is 19.2. The zero-order valence-corrected chi connectivity index (χ0v) is 13.9. The molecule has 25 heavy (non-hydrogen) atoms. The molecular formula is C19H21F2N3O. The van der Waals surface area contributed by atoms with Crippen molar-refractivity contribution in [2.24, 2.45) is 0 Å². The number of hydrogen-bond acceptors (Lipinski definition) is 3. The molecule has 0 spiro atoms. The van der Waals surface area contributed by atoms with Gasteiger partial charge in [0.1, 0.15) is 0 Å². The number of carbonyl (C=O) groups is 1. The van der Waals surface area contributed by atoms with E-state index in [1.165, 1.54) is 24.6 Å². The highest BCUT2D eigenvalue weighted by molar-refractivity contribution is 5.90. The fourth-order valence-corrected chi connectivity index (χ4v) is 2.88. The molecule has 0 radical (unpaired) electrons. The number of nitrogens with zero attached hydrogens (tertiary/aromatic N) is 1. The van der Waals surface area contributed by atoms with Gasteiger partial charge in [0.25, 0.3) is 0 Å². The maximum atomic E-state index is 13.1. The minimum Gasteiger partial charge on any atom is -0.385 e. The molecule has 0 saturated carbocycles. The summed E-state index contributed by atoms with van der Waals surface area (Å²) in [6.07, 6.45) is 2.72. The molecule has 1 aliphatic rings. The second kappa shape index (κ2) is 7.96. The van der Waals surface area contributed by atoms with Crippen molar-refractivity contribution in [1.82, 2.24) is 0 Å². The monoisotopic (exact) mass is 345 g/mol. The van der Waals surface area contributed by atoms with Crippen LogP contribution in [0.15, 0.2) is 42.5 Å². The lowest BCUT2D eigenvalue weighted by atomic mass is 10.2. The van der Waals surface area contributed by atoms with Crippen molar-refractivity contribution in [1.29, 1.82) is 0 Å². The largest absolute Gasteiger partial charge is 0.385 e. The van der Waals surface area contributed by atoms with E-state index >= 15 is 0 Å². The molecule has 4 nitrogen and oxygen atoms in total. The number of hydrogen-bond donors (Lipinski definition) is 2. The second-order valence-corrected chi connectivity index (χ2v) is 6.09. The summed E-state index contributed by atoms with van der Waals surface area (Å²) in [5, 5.41) is 5.74. The zero-order chi connectivity index (χ0) is 17.6. The number of anilines is 3. The molecule has 6 heteroatoms. The topological polar surface area (TPSA) is 44.4 Å². The molecule has 0 atom stereocenters. The zero-order valence-electron chi connectivity index (χ0n) is 13.9. The molecule has 2 N–H and O–H groups in total. The Labute approximate surface area is 145 Å². The number of benzene rings is 2. The van der Waals surface area contributed by atoms with Gasteiger partial charge in [0.15, 0.2) is 11.6 Å². The van der Waals surface area contributed by atoms with Crippen molar-refractivity contribution >= 4 is 23.0 Å². The van der Waals surface area contributed by atoms with Crippen LogP contribution in [0.3, 0.4) is 0 Å². The first-order valence-corrected chi connectivity index (χ1v) is 8.45. The van der Waals surface area contributed by atoms with Gasteiger partial charge in [0, 0.05) is 49.2 Å². The summed E-state index contributed by atoms with van der Waals surface area (Å²) in [4.78, 5) is 14.2. The van der Waals surface area contributed by atoms with E-state index in [1.54, 1.807) is 0 Å². The van der Waals surface area contributed by atoms with Crippen molar-refractivity contribution in [2.75, 3.05) is 35.2 Å². The summed E-state index contributed by atoms with van der Waals surface area (Å²) >= 11 is 0. The van der Waals surface area contributed by atoms with E-state index < -0.39 is 11.6 Å². The van der Waals surface area contributed by atoms with Gasteiger partial charge in [0.2, 0.25) is 5.91 Å². The maximum absolute atomic E-state index is 13.1. The summed E-state index contributed by atoms with van der Waals surface area (Å²) in [5.74, 6) is -2.17. The predicted octanol–water partition coefficient (Wildman–Crippen LogP) is 4.01. The Morgan fingerprint density at radius 3 is 2.32 bits per heavy atom. The number of halogens is 2. The predicted molar refractivity (Wildman–Crippen MR) is 96.0 cm³/mol. The lowest BCUT2D eigenvalue weighted by Crippen LogP contribution is -2.18. The van der Waals surface area contributed by atoms with E-state index in [-0.39, 0.29) is 18.0 Å². The molecule has 1 amide bonds. The average Bonchev–Trinajstić information content (AvgIpc) is 3.13. The quantitative estimate of drug-likeness (QED) is 0.832. The van der Waals surface area contributed by atoms with Gasteiger partial charge in [-0.15, -0.1) is 0 Å². The number of carbonyl (C=O) groups excluding carboxylic acids is 1. The summed E-state index contributed by atoms with van der Waals surface area (Å²) in [7, 11) is 0. The molecule has 132 valence electrons. The Hall–Kier alpha value is -2.63. The molecular weight excluding hydrogens is 324 g/mol. The van der Waals surface area contributed by atoms with Crippen molar-refractivity contribution in [2.45, 2.75) is 19.3 Å². The Balaban J connectivity index is 1.44. The van der Waals surface area contributed by atoms with Crippen LogP contribution in [0, 0.1) is 11.6 Å². The second-order valence-electron chi connectivity index (χ2n) is 6.09. The van der Waals surface area contributed by atoms with Gasteiger partial charge >= 0.3 is 0 Å². The summed E-state index contributed by atoms with van der Waals surface area (Å²) < 4.78 is 26.0. The number of nitrogens with one attached hydrogen (secondary N) is 2. The highest BCUT2D eigenvalue weighted by Crippen LogP contribution is 2.22. The fraction of sp³-hybridized carbons (Fsp3) is 0.316. The number of rotatable bonds is 6. The van der Waals surface area contributed by atoms with E-state index in [4.69, 9.17) is 0 Å². The average molecular weight is 345 g/mol. The van der Waals surface area contributed by atoms with Gasteiger partial charge < -0.3 is 15.5 Å². The molecule has 1 saturated heterocycles. The molecule has 0 aliphatic carbocycles. The van der Waals surface area contributed by atoms with Crippen molar-refractivity contribution < 1.29 is 13.6 Å². The molecule has 0 aromatic heterocycles. The standard InChI is InChI=1S/C19H21F2N3O/c20-17-8-5-15(13-18(17)21)23-19(25)9-10-22-14-3-6-16(7-4-14)24-11-1-2-12-24/h3-8,13,22H,1-2,9-12H2,(H,23,25). The fourth-order valence-electron chi connectivity index (χ4n) is 2.88. The van der Waals surface area contributed by atoms with Crippen LogP contribution in [0.5, 0.6) is 0 Å². The van der Waals surface area contributed by atoms with Crippen molar-refractivity contribution in [3.8, 4) is 0 Å². The minimum atomic E-state index is -0.978. The number of amides is 1. The van der Waals surface area contributed by atoms with Crippen molar-refractivity contribution in [3.05, 3.63) is 54.1 Å². The third kappa shape index (κ3) is 4.68. The normalized spacial score (nSPS) is 13.8. The van der Waals surface area contributed by atoms with Crippen LogP contribution in [-0.4, -0.2) is 25.5 Å². The summed E-state index contributed by atoms with van der Waals surface area (Å²) in [5.41, 5.74) is 2.42. The molecule has 2 aromatic carbocycles. The highest BCUT2D eigenvalue weighted by Gasteiger charge is 2.11. The Morgan fingerprint density at radius 1 is 0.960 bits per heavy atom. The molecule has 1 fully saturated rings. The SMILES string of the molecule is O=C(CCNc1ccc(N2CCCC2)cc1)Nc1ccc(F)c(F)c1. The maximum Gasteiger partial charge on any atom is 0.226 e. The molecule has 0 bridgehead atoms. The van der Waals surface area contributed by atoms with Gasteiger partial charge in [-0.05, 0) is 49.2 Å². The van der Waals surface area contributed by atoms with E-state index in [2.05, 4.69) is 27.7 Å². The third-order valence-electron chi connectivity index (χ3n) is 4.22. The van der Waals surface area contributed by atoms with Gasteiger partial charge in [-0.3, -0.25) is 4.79 Å². The van der Waals surface area contributed by atoms with E-state index in [0.717, 1.165) is 30.9 Å². The Kier molecular flexibility index (Phi) is 5.48. The van der Waals surface area contributed by atoms with Crippen LogP contribution in [0.1, 0.15) is 19.3 Å². The first-order valence-electron chi connectivity index (χ1n) is 8.45. The van der Waals surface area contributed by atoms with Crippen LogP contribution in [0.2, 0.25) is 0 Å². The molecule has 2 aromatic rings. The van der Waals surface area contributed by atoms with Crippen LogP contribution < -0.4 is 15.5 Å². The molecule has 1 aliphatic heterocycles. The van der Waals surface area contributed by atoms with E-state index in [1.807, 2.05) is 12.1 Å². The van der Waals surface area contributed by atoms with Gasteiger partial charge in [-0.1, -0.05) is 0 Å². The summed E-state index contributed by atoms with van der Waals surface area (Å²) in [6.45, 7) is 2.67. The van der Waals surface area contributed by atoms with Gasteiger partial charge in [-0.25, -0.2) is 8.78 Å². The van der Waals surface area contributed by atoms with Crippen LogP contribution in [-0.2, 0) is 4.79 Å². The first kappa shape index (κ1) is 17.2. The van der Waals surface area contributed by atoms with Crippen LogP contribution in [0.25, 0.3) is 0 Å². The Bertz CT molecular complexity index is 728. The smallest absolute Gasteiger partial charge is 0.226 e. The van der Waals surface area contributed by atoms with E-state index in [0.29, 0.717) is 6.54 Å². The molecule has 1 heterocycles. The lowest BCUT2D eigenvalue weighted by Gasteiger charge is -2.18. The summed E-state index contributed by atoms with van der Waals surface area (Å²) in [6, 6.07) is 11.5. The lowest BCUT2D eigenvalue weighted by molar-refractivity contribution is -0.115. The molecule has 3 rings (SSSR count). The molecule has 0 unspecified atom stereocenters. The van der Waals surface area contributed by atoms with Crippen molar-refractivity contribution in [3.63, 3.8) is 0 Å². The Morgan fingerprint density at radius 2 is 1.64 bits per heavy atom. The first-order chi connectivity index (χ1) is 12.1. The third-order valence-corrected chi connectivity index (χ3v) is 4.22. The van der Waals surface area contributed by atoms with Crippen LogP contribution in [0.4, 0.5) is 25.8 Å². The van der Waals surface area contributed by atoms with Gasteiger partial charge in [-0.2, -0.15) is 0 Å². The van der Waals surface area contributed by atoms with Crippen LogP contribution >= 0.6 is 0 Å². The minimum absolute atomic E-state index is 0.229.